The Balaban J connectivity index is 1.75. The molecule has 0 aliphatic carbocycles. The molecular formula is C16H14N8O3. The molecule has 27 heavy (non-hydrogen) atoms. The third-order valence-corrected chi connectivity index (χ3v) is 3.41. The van der Waals surface area contributed by atoms with Gasteiger partial charge in [-0.1, -0.05) is 6.07 Å². The minimum atomic E-state index is -0.635. The predicted molar refractivity (Wildman–Crippen MR) is 95.6 cm³/mol. The van der Waals surface area contributed by atoms with Crippen molar-refractivity contribution in [3.8, 4) is 0 Å². The Kier molecular flexibility index (Phi) is 5.42. The van der Waals surface area contributed by atoms with Gasteiger partial charge in [0.25, 0.3) is 5.91 Å². The number of rotatable bonds is 7. The summed E-state index contributed by atoms with van der Waals surface area (Å²) >= 11 is 0. The van der Waals surface area contributed by atoms with E-state index in [9.17, 15) is 14.9 Å². The van der Waals surface area contributed by atoms with Crippen LogP contribution >= 0.6 is 0 Å². The number of amides is 1. The average Bonchev–Trinajstić information content (AvgIpc) is 2.71. The summed E-state index contributed by atoms with van der Waals surface area (Å²) in [6, 6.07) is 6.73. The molecule has 1 amide bonds. The van der Waals surface area contributed by atoms with Crippen LogP contribution in [0.15, 0.2) is 55.4 Å². The summed E-state index contributed by atoms with van der Waals surface area (Å²) in [6.45, 7) is 0.285. The van der Waals surface area contributed by atoms with Crippen molar-refractivity contribution in [2.45, 2.75) is 6.54 Å². The Morgan fingerprint density at radius 2 is 1.81 bits per heavy atom. The van der Waals surface area contributed by atoms with Gasteiger partial charge in [0.15, 0.2) is 0 Å². The van der Waals surface area contributed by atoms with Crippen LogP contribution in [-0.4, -0.2) is 30.8 Å². The fourth-order valence-corrected chi connectivity index (χ4v) is 2.15. The molecule has 3 aromatic heterocycles. The average molecular weight is 366 g/mol. The van der Waals surface area contributed by atoms with E-state index in [0.717, 1.165) is 11.9 Å². The van der Waals surface area contributed by atoms with E-state index in [1.165, 1.54) is 12.4 Å². The molecule has 0 aliphatic heterocycles. The SMILES string of the molecule is O=C(NNc1ncnc(NCc2cccnc2)c1[N+](=O)[O-])c1cccnc1. The van der Waals surface area contributed by atoms with Gasteiger partial charge in [0.05, 0.1) is 10.5 Å². The number of pyridine rings is 2. The maximum Gasteiger partial charge on any atom is 0.354 e. The molecule has 3 heterocycles. The van der Waals surface area contributed by atoms with Crippen molar-refractivity contribution in [3.05, 3.63) is 76.6 Å². The van der Waals surface area contributed by atoms with Gasteiger partial charge < -0.3 is 5.32 Å². The number of nitro groups is 1. The number of carbonyl (C=O) groups excluding carboxylic acids is 1. The standard InChI is InChI=1S/C16H14N8O3/c25-16(12-4-2-6-18-9-12)23-22-15-13(24(26)27)14(20-10-21-15)19-8-11-3-1-5-17-7-11/h1-7,9-10H,8H2,(H,23,25)(H2,19,20,21,22). The van der Waals surface area contributed by atoms with Crippen LogP contribution < -0.4 is 16.2 Å². The molecule has 136 valence electrons. The summed E-state index contributed by atoms with van der Waals surface area (Å²) in [5.74, 6) is -0.654. The highest BCUT2D eigenvalue weighted by Gasteiger charge is 2.23. The van der Waals surface area contributed by atoms with Crippen LogP contribution in [0.5, 0.6) is 0 Å². The topological polar surface area (TPSA) is 148 Å². The van der Waals surface area contributed by atoms with Crippen LogP contribution in [0.25, 0.3) is 0 Å². The van der Waals surface area contributed by atoms with Crippen molar-refractivity contribution in [1.82, 2.24) is 25.4 Å². The minimum Gasteiger partial charge on any atom is -0.360 e. The van der Waals surface area contributed by atoms with E-state index < -0.39 is 16.5 Å². The lowest BCUT2D eigenvalue weighted by molar-refractivity contribution is -0.383. The van der Waals surface area contributed by atoms with E-state index >= 15 is 0 Å². The fourth-order valence-electron chi connectivity index (χ4n) is 2.15. The molecule has 3 rings (SSSR count). The largest absolute Gasteiger partial charge is 0.360 e. The molecule has 0 bridgehead atoms. The van der Waals surface area contributed by atoms with Crippen LogP contribution in [0.3, 0.4) is 0 Å². The van der Waals surface area contributed by atoms with Crippen LogP contribution in [0, 0.1) is 10.1 Å². The second-order valence-corrected chi connectivity index (χ2v) is 5.21. The van der Waals surface area contributed by atoms with Gasteiger partial charge >= 0.3 is 5.69 Å². The van der Waals surface area contributed by atoms with Gasteiger partial charge in [0.2, 0.25) is 11.6 Å². The number of carbonyl (C=O) groups is 1. The molecule has 0 saturated carbocycles. The molecule has 0 saturated heterocycles. The third-order valence-electron chi connectivity index (χ3n) is 3.41. The van der Waals surface area contributed by atoms with Gasteiger partial charge in [0.1, 0.15) is 6.33 Å². The zero-order valence-electron chi connectivity index (χ0n) is 13.9. The lowest BCUT2D eigenvalue weighted by Crippen LogP contribution is -2.30. The molecule has 0 fully saturated rings. The van der Waals surface area contributed by atoms with Crippen LogP contribution in [-0.2, 0) is 6.54 Å². The van der Waals surface area contributed by atoms with E-state index in [2.05, 4.69) is 36.1 Å². The van der Waals surface area contributed by atoms with Crippen molar-refractivity contribution in [3.63, 3.8) is 0 Å². The minimum absolute atomic E-state index is 0.0111. The third kappa shape index (κ3) is 4.48. The van der Waals surface area contributed by atoms with Crippen LogP contribution in [0.2, 0.25) is 0 Å². The van der Waals surface area contributed by atoms with Crippen molar-refractivity contribution in [1.29, 1.82) is 0 Å². The number of nitrogens with one attached hydrogen (secondary N) is 3. The molecule has 3 aromatic rings. The molecule has 0 aliphatic rings. The lowest BCUT2D eigenvalue weighted by Gasteiger charge is -2.10. The first-order chi connectivity index (χ1) is 13.1. The highest BCUT2D eigenvalue weighted by molar-refractivity contribution is 5.94. The lowest BCUT2D eigenvalue weighted by atomic mass is 10.3. The molecule has 11 heteroatoms. The van der Waals surface area contributed by atoms with Gasteiger partial charge in [-0.15, -0.1) is 0 Å². The Bertz CT molecular complexity index is 937. The van der Waals surface area contributed by atoms with Crippen molar-refractivity contribution < 1.29 is 9.72 Å². The molecule has 0 atom stereocenters. The summed E-state index contributed by atoms with van der Waals surface area (Å²) in [6.07, 6.45) is 7.31. The monoisotopic (exact) mass is 366 g/mol. The highest BCUT2D eigenvalue weighted by atomic mass is 16.6. The second-order valence-electron chi connectivity index (χ2n) is 5.21. The molecule has 0 radical (unpaired) electrons. The number of hydrogen-bond donors (Lipinski definition) is 3. The zero-order valence-corrected chi connectivity index (χ0v) is 13.9. The van der Waals surface area contributed by atoms with Gasteiger partial charge in [-0.25, -0.2) is 9.97 Å². The normalized spacial score (nSPS) is 10.1. The predicted octanol–water partition coefficient (Wildman–Crippen LogP) is 1.54. The summed E-state index contributed by atoms with van der Waals surface area (Å²) < 4.78 is 0. The van der Waals surface area contributed by atoms with E-state index in [1.54, 1.807) is 30.6 Å². The molecule has 11 nitrogen and oxygen atoms in total. The molecule has 0 spiro atoms. The summed E-state index contributed by atoms with van der Waals surface area (Å²) in [7, 11) is 0. The Morgan fingerprint density at radius 1 is 1.07 bits per heavy atom. The first kappa shape index (κ1) is 17.7. The number of hydrazine groups is 1. The number of nitrogens with zero attached hydrogens (tertiary/aromatic N) is 5. The molecule has 0 aromatic carbocycles. The summed E-state index contributed by atoms with van der Waals surface area (Å²) in [5, 5.41) is 14.4. The van der Waals surface area contributed by atoms with E-state index in [1.807, 2.05) is 6.07 Å². The quantitative estimate of drug-likeness (QED) is 0.418. The summed E-state index contributed by atoms with van der Waals surface area (Å²) in [4.78, 5) is 38.5. The molecule has 3 N–H and O–H groups in total. The number of hydrogen-bond acceptors (Lipinski definition) is 9. The van der Waals surface area contributed by atoms with Crippen LogP contribution in [0.1, 0.15) is 15.9 Å². The van der Waals surface area contributed by atoms with E-state index in [0.29, 0.717) is 0 Å². The van der Waals surface area contributed by atoms with Gasteiger partial charge in [-0.2, -0.15) is 0 Å². The molecular weight excluding hydrogens is 352 g/mol. The van der Waals surface area contributed by atoms with E-state index in [-0.39, 0.29) is 23.7 Å². The van der Waals surface area contributed by atoms with Crippen LogP contribution in [0.4, 0.5) is 17.3 Å². The number of aromatic nitrogens is 4. The highest BCUT2D eigenvalue weighted by Crippen LogP contribution is 2.28. The Hall–Kier alpha value is -4.15. The zero-order chi connectivity index (χ0) is 19.1. The fraction of sp³-hybridized carbons (Fsp3) is 0.0625. The van der Waals surface area contributed by atoms with Gasteiger partial charge in [0, 0.05) is 31.3 Å². The maximum atomic E-state index is 12.0. The van der Waals surface area contributed by atoms with Crippen molar-refractivity contribution in [2.24, 2.45) is 0 Å². The number of anilines is 2. The Labute approximate surface area is 153 Å². The first-order valence-electron chi connectivity index (χ1n) is 7.73. The maximum absolute atomic E-state index is 12.0. The molecule has 0 unspecified atom stereocenters. The summed E-state index contributed by atoms with van der Waals surface area (Å²) in [5.41, 5.74) is 5.53. The van der Waals surface area contributed by atoms with Crippen molar-refractivity contribution in [2.75, 3.05) is 10.7 Å². The first-order valence-corrected chi connectivity index (χ1v) is 7.73. The second kappa shape index (κ2) is 8.29. The Morgan fingerprint density at radius 3 is 2.48 bits per heavy atom. The van der Waals surface area contributed by atoms with E-state index in [4.69, 9.17) is 0 Å². The van der Waals surface area contributed by atoms with Gasteiger partial charge in [-0.05, 0) is 23.8 Å². The smallest absolute Gasteiger partial charge is 0.354 e. The van der Waals surface area contributed by atoms with Gasteiger partial charge in [-0.3, -0.25) is 35.7 Å². The van der Waals surface area contributed by atoms with Crippen molar-refractivity contribution >= 4 is 23.2 Å².